The van der Waals surface area contributed by atoms with Crippen LogP contribution in [0.5, 0.6) is 0 Å². The molecule has 0 saturated carbocycles. The third-order valence-electron chi connectivity index (χ3n) is 3.58. The Labute approximate surface area is 165 Å². The molecule has 0 N–H and O–H groups in total. The number of hydrogen-bond donors (Lipinski definition) is 0. The average molecular weight is 392 g/mol. The number of unbranched alkanes of at least 4 members (excludes halogenated alkanes) is 2. The van der Waals surface area contributed by atoms with E-state index in [0.29, 0.717) is 0 Å². The van der Waals surface area contributed by atoms with Gasteiger partial charge in [0.2, 0.25) is 0 Å². The molecule has 0 amide bonds. The van der Waals surface area contributed by atoms with Crippen molar-refractivity contribution in [2.24, 2.45) is 0 Å². The first-order valence-electron chi connectivity index (χ1n) is 8.10. The van der Waals surface area contributed by atoms with Crippen molar-refractivity contribution in [2.75, 3.05) is 0 Å². The standard InChI is InChI=1S/2C10H15.2CH3.Zr/c2*1-3-4-5-10-7-6-9(2)8-10;;;/h2*6-8H,3-5H2,1-2H3;2*1H3;/q4*-1;+4. The molecule has 0 atom stereocenters. The molecule has 0 aliphatic carbocycles. The van der Waals surface area contributed by atoms with Crippen LogP contribution in [0.4, 0.5) is 0 Å². The van der Waals surface area contributed by atoms with Crippen LogP contribution in [0.1, 0.15) is 61.8 Å². The van der Waals surface area contributed by atoms with E-state index in [4.69, 9.17) is 0 Å². The SMILES string of the molecule is CCCCc1c[cH-]c(C)c1.CCCCc1c[cH-]c(C)c1.[CH3-].[CH3-].[Zr+4]. The molecule has 0 heterocycles. The maximum atomic E-state index is 2.27. The van der Waals surface area contributed by atoms with Gasteiger partial charge in [0.05, 0.1) is 0 Å². The van der Waals surface area contributed by atoms with E-state index in [1.54, 1.807) is 0 Å². The van der Waals surface area contributed by atoms with Gasteiger partial charge in [-0.2, -0.15) is 46.5 Å². The maximum Gasteiger partial charge on any atom is 4.00 e. The molecule has 0 fully saturated rings. The Hall–Kier alpha value is -0.417. The van der Waals surface area contributed by atoms with E-state index in [1.165, 1.54) is 60.8 Å². The van der Waals surface area contributed by atoms with E-state index in [0.717, 1.165) is 0 Å². The summed E-state index contributed by atoms with van der Waals surface area (Å²) >= 11 is 0. The Morgan fingerprint density at radius 3 is 1.30 bits per heavy atom. The molecule has 2 aromatic rings. The molecule has 0 nitrogen and oxygen atoms in total. The van der Waals surface area contributed by atoms with E-state index in [9.17, 15) is 0 Å². The third-order valence-corrected chi connectivity index (χ3v) is 3.58. The second-order valence-electron chi connectivity index (χ2n) is 5.80. The average Bonchev–Trinajstić information content (AvgIpc) is 3.03. The molecule has 0 radical (unpaired) electrons. The van der Waals surface area contributed by atoms with Crippen molar-refractivity contribution in [2.45, 2.75) is 66.2 Å². The molecular formula is C22H36Zr. The first-order chi connectivity index (χ1) is 9.65. The molecule has 1 heteroatoms. The fourth-order valence-corrected chi connectivity index (χ4v) is 2.33. The van der Waals surface area contributed by atoms with Crippen LogP contribution < -0.4 is 0 Å². The summed E-state index contributed by atoms with van der Waals surface area (Å²) in [5.74, 6) is 0. The van der Waals surface area contributed by atoms with Gasteiger partial charge in [-0.1, -0.05) is 66.2 Å². The van der Waals surface area contributed by atoms with Crippen LogP contribution in [-0.2, 0) is 39.0 Å². The van der Waals surface area contributed by atoms with E-state index >= 15 is 0 Å². The van der Waals surface area contributed by atoms with Gasteiger partial charge < -0.3 is 14.9 Å². The molecule has 0 saturated heterocycles. The normalized spacial score (nSPS) is 8.87. The molecule has 128 valence electrons. The van der Waals surface area contributed by atoms with Gasteiger partial charge in [-0.05, 0) is 0 Å². The molecule has 2 aromatic carbocycles. The summed E-state index contributed by atoms with van der Waals surface area (Å²) in [6.45, 7) is 8.76. The smallest absolute Gasteiger partial charge is 0.358 e. The van der Waals surface area contributed by atoms with Crippen molar-refractivity contribution in [3.8, 4) is 0 Å². The van der Waals surface area contributed by atoms with Crippen molar-refractivity contribution in [1.29, 1.82) is 0 Å². The van der Waals surface area contributed by atoms with Crippen LogP contribution in [0.15, 0.2) is 36.4 Å². The second-order valence-corrected chi connectivity index (χ2v) is 5.80. The summed E-state index contributed by atoms with van der Waals surface area (Å²) in [6, 6.07) is 13.4. The minimum atomic E-state index is 0. The van der Waals surface area contributed by atoms with E-state index in [2.05, 4.69) is 64.1 Å². The topological polar surface area (TPSA) is 0 Å². The summed E-state index contributed by atoms with van der Waals surface area (Å²) in [5.41, 5.74) is 5.79. The monoisotopic (exact) mass is 390 g/mol. The fraction of sp³-hybridized carbons (Fsp3) is 0.455. The summed E-state index contributed by atoms with van der Waals surface area (Å²) < 4.78 is 0. The zero-order valence-electron chi connectivity index (χ0n) is 16.2. The first-order valence-corrected chi connectivity index (χ1v) is 8.10. The van der Waals surface area contributed by atoms with Crippen molar-refractivity contribution < 1.29 is 26.2 Å². The van der Waals surface area contributed by atoms with E-state index in [-0.39, 0.29) is 41.1 Å². The molecule has 0 aliphatic rings. The van der Waals surface area contributed by atoms with Gasteiger partial charge in [0.25, 0.3) is 0 Å². The van der Waals surface area contributed by atoms with Gasteiger partial charge >= 0.3 is 26.2 Å². The molecule has 0 bridgehead atoms. The Balaban J connectivity index is -0.000000308. The maximum absolute atomic E-state index is 2.27. The van der Waals surface area contributed by atoms with Gasteiger partial charge in [0.15, 0.2) is 0 Å². The minimum absolute atomic E-state index is 0. The van der Waals surface area contributed by atoms with Gasteiger partial charge in [-0.15, -0.1) is 0 Å². The molecular weight excluding hydrogens is 355 g/mol. The summed E-state index contributed by atoms with van der Waals surface area (Å²) in [7, 11) is 0. The molecule has 0 spiro atoms. The second kappa shape index (κ2) is 16.4. The largest absolute Gasteiger partial charge is 4.00 e. The van der Waals surface area contributed by atoms with Crippen LogP contribution in [0, 0.1) is 28.7 Å². The van der Waals surface area contributed by atoms with Crippen LogP contribution in [-0.4, -0.2) is 0 Å². The summed E-state index contributed by atoms with van der Waals surface area (Å²) in [4.78, 5) is 0. The Kier molecular flexibility index (Phi) is 19.6. The van der Waals surface area contributed by atoms with Gasteiger partial charge in [0, 0.05) is 0 Å². The zero-order valence-corrected chi connectivity index (χ0v) is 18.7. The predicted octanol–water partition coefficient (Wildman–Crippen LogP) is 7.01. The Morgan fingerprint density at radius 2 is 1.09 bits per heavy atom. The van der Waals surface area contributed by atoms with E-state index in [1.807, 2.05) is 0 Å². The fourth-order valence-electron chi connectivity index (χ4n) is 2.33. The zero-order chi connectivity index (χ0) is 14.8. The third kappa shape index (κ3) is 12.6. The number of rotatable bonds is 6. The Morgan fingerprint density at radius 1 is 0.739 bits per heavy atom. The van der Waals surface area contributed by atoms with Crippen LogP contribution >= 0.6 is 0 Å². The quantitative estimate of drug-likeness (QED) is 0.464. The van der Waals surface area contributed by atoms with Crippen LogP contribution in [0.2, 0.25) is 0 Å². The van der Waals surface area contributed by atoms with Crippen molar-refractivity contribution >= 4 is 0 Å². The van der Waals surface area contributed by atoms with Crippen LogP contribution in [0.3, 0.4) is 0 Å². The van der Waals surface area contributed by atoms with Gasteiger partial charge in [-0.3, -0.25) is 0 Å². The minimum Gasteiger partial charge on any atom is -0.358 e. The van der Waals surface area contributed by atoms with Crippen molar-refractivity contribution in [3.63, 3.8) is 0 Å². The molecule has 0 unspecified atom stereocenters. The molecule has 0 aromatic heterocycles. The molecule has 0 aliphatic heterocycles. The summed E-state index contributed by atoms with van der Waals surface area (Å²) in [6.07, 6.45) is 7.75. The number of hydrogen-bond acceptors (Lipinski definition) is 0. The first kappa shape index (κ1) is 27.4. The van der Waals surface area contributed by atoms with Crippen molar-refractivity contribution in [1.82, 2.24) is 0 Å². The van der Waals surface area contributed by atoms with Crippen LogP contribution in [0.25, 0.3) is 0 Å². The predicted molar refractivity (Wildman–Crippen MR) is 104 cm³/mol. The number of aryl methyl sites for hydroxylation is 4. The Bertz CT molecular complexity index is 418. The molecule has 2 rings (SSSR count). The van der Waals surface area contributed by atoms with E-state index < -0.39 is 0 Å². The molecule has 23 heavy (non-hydrogen) atoms. The van der Waals surface area contributed by atoms with Gasteiger partial charge in [-0.25, -0.2) is 12.1 Å². The van der Waals surface area contributed by atoms with Gasteiger partial charge in [0.1, 0.15) is 0 Å². The summed E-state index contributed by atoms with van der Waals surface area (Å²) in [5, 5.41) is 0. The van der Waals surface area contributed by atoms with Crippen molar-refractivity contribution in [3.05, 3.63) is 73.5 Å².